The van der Waals surface area contributed by atoms with E-state index in [1.165, 1.54) is 43.7 Å². The lowest BCUT2D eigenvalue weighted by Gasteiger charge is -2.26. The van der Waals surface area contributed by atoms with Gasteiger partial charge in [0.2, 0.25) is 0 Å². The zero-order valence-electron chi connectivity index (χ0n) is 26.6. The third-order valence-electron chi connectivity index (χ3n) is 9.74. The van der Waals surface area contributed by atoms with Crippen LogP contribution in [-0.4, -0.2) is 4.57 Å². The quantitative estimate of drug-likeness (QED) is 0.190. The third-order valence-corrected chi connectivity index (χ3v) is 9.74. The molecule has 0 aliphatic carbocycles. The number of hydrogen-bond acceptors (Lipinski definition) is 2. The zero-order valence-corrected chi connectivity index (χ0v) is 26.6. The van der Waals surface area contributed by atoms with Crippen molar-refractivity contribution in [1.82, 2.24) is 4.57 Å². The molecule has 0 aliphatic rings. The van der Waals surface area contributed by atoms with E-state index in [9.17, 15) is 0 Å². The molecular weight excluding hydrogens is 597 g/mol. The Morgan fingerprint density at radius 2 is 1.04 bits per heavy atom. The fourth-order valence-electron chi connectivity index (χ4n) is 7.53. The number of aromatic nitrogens is 1. The summed E-state index contributed by atoms with van der Waals surface area (Å²) >= 11 is 0. The van der Waals surface area contributed by atoms with Gasteiger partial charge in [-0.2, -0.15) is 0 Å². The van der Waals surface area contributed by atoms with Crippen LogP contribution in [0.4, 0.5) is 17.1 Å². The monoisotopic (exact) mass is 626 g/mol. The van der Waals surface area contributed by atoms with Gasteiger partial charge in [0.15, 0.2) is 0 Å². The molecule has 0 atom stereocenters. The topological polar surface area (TPSA) is 21.3 Å². The SMILES string of the molecule is c1ccc(-c2cccc(N(c3ccc4c(c3)oc3ccccc34)c3ccc4c(c3)c3c5ccccc5ccc3n4-c3ccccc3)c2)cc1. The summed E-state index contributed by atoms with van der Waals surface area (Å²) in [5.74, 6) is 0. The van der Waals surface area contributed by atoms with E-state index < -0.39 is 0 Å². The molecule has 2 heterocycles. The highest BCUT2D eigenvalue weighted by atomic mass is 16.3. The standard InChI is InChI=1S/C46H30N2O/c1-3-12-31(13-4-1)33-15-11-18-35(28-33)47(37-23-25-40-39-20-9-10-21-44(39)49-45(40)30-37)36-24-27-42-41(29-36)46-38-19-8-7-14-32(38)22-26-43(46)48(42)34-16-5-2-6-17-34/h1-30H. The molecule has 0 amide bonds. The van der Waals surface area contributed by atoms with Crippen molar-refractivity contribution in [1.29, 1.82) is 0 Å². The lowest BCUT2D eigenvalue weighted by atomic mass is 10.0. The van der Waals surface area contributed by atoms with Crippen LogP contribution in [0.5, 0.6) is 0 Å². The number of furan rings is 1. The van der Waals surface area contributed by atoms with Gasteiger partial charge in [-0.25, -0.2) is 0 Å². The molecular formula is C46H30N2O. The van der Waals surface area contributed by atoms with Gasteiger partial charge in [0.05, 0.1) is 11.0 Å². The second-order valence-electron chi connectivity index (χ2n) is 12.6. The number of anilines is 3. The molecule has 0 N–H and O–H groups in total. The van der Waals surface area contributed by atoms with Crippen LogP contribution < -0.4 is 4.90 Å². The summed E-state index contributed by atoms with van der Waals surface area (Å²) in [6.45, 7) is 0. The lowest BCUT2D eigenvalue weighted by Crippen LogP contribution is -2.10. The molecule has 8 aromatic carbocycles. The molecule has 0 spiro atoms. The molecule has 0 aliphatic heterocycles. The Balaban J connectivity index is 1.25. The van der Waals surface area contributed by atoms with Gasteiger partial charge in [0.1, 0.15) is 11.2 Å². The van der Waals surface area contributed by atoms with E-state index in [2.05, 4.69) is 179 Å². The van der Waals surface area contributed by atoms with Crippen molar-refractivity contribution in [2.24, 2.45) is 0 Å². The van der Waals surface area contributed by atoms with Gasteiger partial charge in [-0.15, -0.1) is 0 Å². The average molecular weight is 627 g/mol. The van der Waals surface area contributed by atoms with Crippen LogP contribution in [0, 0.1) is 0 Å². The van der Waals surface area contributed by atoms with E-state index in [0.717, 1.165) is 44.7 Å². The lowest BCUT2D eigenvalue weighted by molar-refractivity contribution is 0.669. The predicted molar refractivity (Wildman–Crippen MR) is 206 cm³/mol. The van der Waals surface area contributed by atoms with E-state index in [1.54, 1.807) is 0 Å². The number of hydrogen-bond donors (Lipinski definition) is 0. The fourth-order valence-corrected chi connectivity index (χ4v) is 7.53. The van der Waals surface area contributed by atoms with Crippen molar-refractivity contribution in [3.8, 4) is 16.8 Å². The van der Waals surface area contributed by atoms with Crippen LogP contribution in [0.25, 0.3) is 71.3 Å². The van der Waals surface area contributed by atoms with Crippen molar-refractivity contribution >= 4 is 71.6 Å². The Morgan fingerprint density at radius 1 is 0.388 bits per heavy atom. The zero-order chi connectivity index (χ0) is 32.3. The number of benzene rings is 8. The Kier molecular flexibility index (Phi) is 6.18. The van der Waals surface area contributed by atoms with Gasteiger partial charge in [0, 0.05) is 50.4 Å². The highest BCUT2D eigenvalue weighted by Crippen LogP contribution is 2.43. The van der Waals surface area contributed by atoms with Gasteiger partial charge < -0.3 is 13.9 Å². The molecule has 0 radical (unpaired) electrons. The summed E-state index contributed by atoms with van der Waals surface area (Å²) in [4.78, 5) is 2.36. The van der Waals surface area contributed by atoms with E-state index >= 15 is 0 Å². The molecule has 0 unspecified atom stereocenters. The van der Waals surface area contributed by atoms with Crippen molar-refractivity contribution in [2.75, 3.05) is 4.90 Å². The Labute approximate surface area is 283 Å². The first kappa shape index (κ1) is 27.5. The highest BCUT2D eigenvalue weighted by Gasteiger charge is 2.20. The highest BCUT2D eigenvalue weighted by molar-refractivity contribution is 6.22. The molecule has 0 fully saturated rings. The Morgan fingerprint density at radius 3 is 1.92 bits per heavy atom. The van der Waals surface area contributed by atoms with Crippen LogP contribution in [-0.2, 0) is 0 Å². The third kappa shape index (κ3) is 4.44. The van der Waals surface area contributed by atoms with Crippen LogP contribution in [0.3, 0.4) is 0 Å². The van der Waals surface area contributed by atoms with E-state index in [0.29, 0.717) is 0 Å². The molecule has 0 saturated heterocycles. The molecule has 230 valence electrons. The maximum Gasteiger partial charge on any atom is 0.137 e. The second kappa shape index (κ2) is 11.0. The minimum atomic E-state index is 0.871. The number of nitrogens with zero attached hydrogens (tertiary/aromatic N) is 2. The van der Waals surface area contributed by atoms with Gasteiger partial charge in [-0.3, -0.25) is 0 Å². The molecule has 2 aromatic heterocycles. The second-order valence-corrected chi connectivity index (χ2v) is 12.6. The summed E-state index contributed by atoms with van der Waals surface area (Å²) in [5, 5.41) is 7.19. The van der Waals surface area contributed by atoms with E-state index in [4.69, 9.17) is 4.42 Å². The first-order valence-corrected chi connectivity index (χ1v) is 16.7. The minimum Gasteiger partial charge on any atom is -0.456 e. The van der Waals surface area contributed by atoms with Crippen molar-refractivity contribution in [3.05, 3.63) is 182 Å². The molecule has 49 heavy (non-hydrogen) atoms. The van der Waals surface area contributed by atoms with Gasteiger partial charge in [-0.05, 0) is 88.6 Å². The van der Waals surface area contributed by atoms with Gasteiger partial charge >= 0.3 is 0 Å². The van der Waals surface area contributed by atoms with Crippen LogP contribution in [0.15, 0.2) is 186 Å². The molecule has 0 bridgehead atoms. The van der Waals surface area contributed by atoms with Crippen LogP contribution in [0.1, 0.15) is 0 Å². The van der Waals surface area contributed by atoms with E-state index in [1.807, 2.05) is 12.1 Å². The average Bonchev–Trinajstić information content (AvgIpc) is 3.71. The Hall–Kier alpha value is -6.58. The van der Waals surface area contributed by atoms with Crippen LogP contribution >= 0.6 is 0 Å². The predicted octanol–water partition coefficient (Wildman–Crippen LogP) is 13.0. The summed E-state index contributed by atoms with van der Waals surface area (Å²) in [6.07, 6.45) is 0. The minimum absolute atomic E-state index is 0.871. The van der Waals surface area contributed by atoms with Gasteiger partial charge in [0.25, 0.3) is 0 Å². The first-order chi connectivity index (χ1) is 24.3. The summed E-state index contributed by atoms with van der Waals surface area (Å²) in [6, 6.07) is 65.0. The van der Waals surface area contributed by atoms with Crippen molar-refractivity contribution < 1.29 is 4.42 Å². The normalized spacial score (nSPS) is 11.7. The number of fused-ring (bicyclic) bond motifs is 8. The molecule has 3 heteroatoms. The smallest absolute Gasteiger partial charge is 0.137 e. The summed E-state index contributed by atoms with van der Waals surface area (Å²) < 4.78 is 8.80. The molecule has 0 saturated carbocycles. The first-order valence-electron chi connectivity index (χ1n) is 16.7. The fraction of sp³-hybridized carbons (Fsp3) is 0. The maximum absolute atomic E-state index is 6.41. The largest absolute Gasteiger partial charge is 0.456 e. The van der Waals surface area contributed by atoms with Crippen LogP contribution in [0.2, 0.25) is 0 Å². The molecule has 10 aromatic rings. The number of para-hydroxylation sites is 2. The Bertz CT molecular complexity index is 2830. The summed E-state index contributed by atoms with van der Waals surface area (Å²) in [5.41, 5.74) is 10.8. The van der Waals surface area contributed by atoms with Crippen molar-refractivity contribution in [2.45, 2.75) is 0 Å². The van der Waals surface area contributed by atoms with E-state index in [-0.39, 0.29) is 0 Å². The summed E-state index contributed by atoms with van der Waals surface area (Å²) in [7, 11) is 0. The van der Waals surface area contributed by atoms with Gasteiger partial charge in [-0.1, -0.05) is 109 Å². The van der Waals surface area contributed by atoms with Crippen molar-refractivity contribution in [3.63, 3.8) is 0 Å². The molecule has 10 rings (SSSR count). The molecule has 3 nitrogen and oxygen atoms in total. The number of rotatable bonds is 5. The maximum atomic E-state index is 6.41.